The van der Waals surface area contributed by atoms with Crippen molar-refractivity contribution >= 4 is 10.0 Å². The van der Waals surface area contributed by atoms with E-state index in [0.29, 0.717) is 50.2 Å². The monoisotopic (exact) mass is 519 g/mol. The standard InChI is InChI=1S/C27H41N3O5S/c1-21(2)20-35-27(28-18-23-9-7-6-8-10-23)22(3)19-29-13-15-30(16-14-29)36(31,32)24-11-12-25(33-4)26(17-24)34-5/h6-12,17,21-22,27-28H,13-16,18-20H2,1-5H3. The molecule has 1 aliphatic rings. The SMILES string of the molecule is COc1ccc(S(=O)(=O)N2CCN(CC(C)C(NCc3ccccc3)OCC(C)C)CC2)cc1OC. The fourth-order valence-corrected chi connectivity index (χ4v) is 5.75. The highest BCUT2D eigenvalue weighted by Crippen LogP contribution is 2.31. The van der Waals surface area contributed by atoms with Gasteiger partial charge in [-0.05, 0) is 23.6 Å². The third kappa shape index (κ3) is 7.66. The summed E-state index contributed by atoms with van der Waals surface area (Å²) in [7, 11) is -0.580. The summed E-state index contributed by atoms with van der Waals surface area (Å²) >= 11 is 0. The van der Waals surface area contributed by atoms with E-state index in [0.717, 1.165) is 13.1 Å². The second kappa shape index (κ2) is 13.4. The number of nitrogens with one attached hydrogen (secondary N) is 1. The molecule has 2 aromatic rings. The van der Waals surface area contributed by atoms with E-state index < -0.39 is 10.0 Å². The zero-order chi connectivity index (χ0) is 26.1. The van der Waals surface area contributed by atoms with Crippen LogP contribution in [0.1, 0.15) is 26.3 Å². The van der Waals surface area contributed by atoms with Gasteiger partial charge in [0.1, 0.15) is 6.23 Å². The average molecular weight is 520 g/mol. The summed E-state index contributed by atoms with van der Waals surface area (Å²) in [5, 5.41) is 3.58. The lowest BCUT2D eigenvalue weighted by Crippen LogP contribution is -2.51. The molecule has 36 heavy (non-hydrogen) atoms. The number of ether oxygens (including phenoxy) is 3. The normalized spacial score (nSPS) is 17.2. The maximum atomic E-state index is 13.2. The van der Waals surface area contributed by atoms with Gasteiger partial charge in [-0.2, -0.15) is 4.31 Å². The smallest absolute Gasteiger partial charge is 0.243 e. The molecule has 2 unspecified atom stereocenters. The van der Waals surface area contributed by atoms with Crippen LogP contribution in [0.4, 0.5) is 0 Å². The number of hydrogen-bond acceptors (Lipinski definition) is 7. The highest BCUT2D eigenvalue weighted by Gasteiger charge is 2.30. The summed E-state index contributed by atoms with van der Waals surface area (Å²) in [6, 6.07) is 15.0. The fraction of sp³-hybridized carbons (Fsp3) is 0.556. The van der Waals surface area contributed by atoms with Crippen LogP contribution in [0.2, 0.25) is 0 Å². The van der Waals surface area contributed by atoms with E-state index in [-0.39, 0.29) is 17.0 Å². The third-order valence-corrected chi connectivity index (χ3v) is 8.24. The van der Waals surface area contributed by atoms with Crippen molar-refractivity contribution < 1.29 is 22.6 Å². The molecular formula is C27H41N3O5S. The van der Waals surface area contributed by atoms with Crippen LogP contribution in [0.15, 0.2) is 53.4 Å². The lowest BCUT2D eigenvalue weighted by atomic mass is 10.1. The van der Waals surface area contributed by atoms with E-state index in [1.165, 1.54) is 25.8 Å². The van der Waals surface area contributed by atoms with E-state index in [2.05, 4.69) is 43.1 Å². The largest absolute Gasteiger partial charge is 0.493 e. The summed E-state index contributed by atoms with van der Waals surface area (Å²) in [4.78, 5) is 2.54. The van der Waals surface area contributed by atoms with Gasteiger partial charge in [0, 0.05) is 51.3 Å². The first-order valence-electron chi connectivity index (χ1n) is 12.6. The first-order valence-corrected chi connectivity index (χ1v) is 14.0. The van der Waals surface area contributed by atoms with Crippen LogP contribution in [0.5, 0.6) is 11.5 Å². The maximum Gasteiger partial charge on any atom is 0.243 e. The Morgan fingerprint density at radius 1 is 0.917 bits per heavy atom. The van der Waals surface area contributed by atoms with Crippen molar-refractivity contribution in [1.29, 1.82) is 0 Å². The third-order valence-electron chi connectivity index (χ3n) is 6.35. The summed E-state index contributed by atoms with van der Waals surface area (Å²) in [6.07, 6.45) is -0.0823. The molecule has 8 nitrogen and oxygen atoms in total. The summed E-state index contributed by atoms with van der Waals surface area (Å²) in [5.41, 5.74) is 1.22. The Morgan fingerprint density at radius 3 is 2.19 bits per heavy atom. The van der Waals surface area contributed by atoms with Crippen LogP contribution in [0.3, 0.4) is 0 Å². The van der Waals surface area contributed by atoms with Gasteiger partial charge < -0.3 is 19.1 Å². The molecule has 1 heterocycles. The Morgan fingerprint density at radius 2 is 1.58 bits per heavy atom. The zero-order valence-corrected chi connectivity index (χ0v) is 23.0. The number of rotatable bonds is 13. The number of methoxy groups -OCH3 is 2. The molecule has 1 saturated heterocycles. The van der Waals surface area contributed by atoms with Crippen LogP contribution in [0.25, 0.3) is 0 Å². The second-order valence-electron chi connectivity index (χ2n) is 9.71. The molecule has 1 fully saturated rings. The van der Waals surface area contributed by atoms with Crippen LogP contribution >= 0.6 is 0 Å². The molecule has 9 heteroatoms. The van der Waals surface area contributed by atoms with Gasteiger partial charge >= 0.3 is 0 Å². The summed E-state index contributed by atoms with van der Waals surface area (Å²) < 4.78 is 44.8. The number of sulfonamides is 1. The molecule has 2 atom stereocenters. The Bertz CT molecular complexity index is 1040. The summed E-state index contributed by atoms with van der Waals surface area (Å²) in [5.74, 6) is 1.59. The molecular weight excluding hydrogens is 478 g/mol. The number of piperazine rings is 1. The van der Waals surface area contributed by atoms with Gasteiger partial charge in [0.15, 0.2) is 11.5 Å². The first kappa shape index (κ1) is 28.4. The molecule has 0 saturated carbocycles. The average Bonchev–Trinajstić information content (AvgIpc) is 2.88. The second-order valence-corrected chi connectivity index (χ2v) is 11.7. The highest BCUT2D eigenvalue weighted by atomic mass is 32.2. The molecule has 0 radical (unpaired) electrons. The van der Waals surface area contributed by atoms with Gasteiger partial charge in [0.25, 0.3) is 0 Å². The van der Waals surface area contributed by atoms with Gasteiger partial charge in [-0.1, -0.05) is 51.1 Å². The van der Waals surface area contributed by atoms with Gasteiger partial charge in [-0.3, -0.25) is 5.32 Å². The minimum Gasteiger partial charge on any atom is -0.493 e. The topological polar surface area (TPSA) is 80.3 Å². The Kier molecular flexibility index (Phi) is 10.6. The van der Waals surface area contributed by atoms with E-state index in [1.54, 1.807) is 16.4 Å². The lowest BCUT2D eigenvalue weighted by Gasteiger charge is -2.37. The van der Waals surface area contributed by atoms with Gasteiger partial charge in [-0.15, -0.1) is 0 Å². The van der Waals surface area contributed by atoms with Crippen molar-refractivity contribution in [3.05, 3.63) is 54.1 Å². The molecule has 200 valence electrons. The molecule has 1 aliphatic heterocycles. The van der Waals surface area contributed by atoms with E-state index in [9.17, 15) is 8.42 Å². The Labute approximate surface area is 216 Å². The van der Waals surface area contributed by atoms with Crippen LogP contribution in [0, 0.1) is 11.8 Å². The van der Waals surface area contributed by atoms with Crippen molar-refractivity contribution in [2.45, 2.75) is 38.4 Å². The van der Waals surface area contributed by atoms with Crippen molar-refractivity contribution in [1.82, 2.24) is 14.5 Å². The lowest BCUT2D eigenvalue weighted by molar-refractivity contribution is -0.0298. The van der Waals surface area contributed by atoms with Crippen molar-refractivity contribution in [2.24, 2.45) is 11.8 Å². The highest BCUT2D eigenvalue weighted by molar-refractivity contribution is 7.89. The Balaban J connectivity index is 1.58. The van der Waals surface area contributed by atoms with Crippen LogP contribution in [-0.2, 0) is 21.3 Å². The number of nitrogens with zero attached hydrogens (tertiary/aromatic N) is 2. The van der Waals surface area contributed by atoms with Gasteiger partial charge in [-0.25, -0.2) is 8.42 Å². The van der Waals surface area contributed by atoms with E-state index in [1.807, 2.05) is 18.2 Å². The van der Waals surface area contributed by atoms with Crippen molar-refractivity contribution in [3.63, 3.8) is 0 Å². The zero-order valence-electron chi connectivity index (χ0n) is 22.1. The first-order chi connectivity index (χ1) is 17.2. The number of benzene rings is 2. The van der Waals surface area contributed by atoms with Crippen molar-refractivity contribution in [3.8, 4) is 11.5 Å². The summed E-state index contributed by atoms with van der Waals surface area (Å²) in [6.45, 7) is 11.0. The molecule has 3 rings (SSSR count). The number of hydrogen-bond donors (Lipinski definition) is 1. The quantitative estimate of drug-likeness (QED) is 0.406. The van der Waals surface area contributed by atoms with Crippen molar-refractivity contribution in [2.75, 3.05) is 53.6 Å². The van der Waals surface area contributed by atoms with Gasteiger partial charge in [0.2, 0.25) is 10.0 Å². The van der Waals surface area contributed by atoms with E-state index in [4.69, 9.17) is 14.2 Å². The molecule has 0 bridgehead atoms. The fourth-order valence-electron chi connectivity index (χ4n) is 4.32. The van der Waals surface area contributed by atoms with Crippen LogP contribution < -0.4 is 14.8 Å². The minimum atomic E-state index is -3.61. The maximum absolute atomic E-state index is 13.2. The molecule has 2 aromatic carbocycles. The van der Waals surface area contributed by atoms with Gasteiger partial charge in [0.05, 0.1) is 25.7 Å². The molecule has 0 amide bonds. The van der Waals surface area contributed by atoms with E-state index >= 15 is 0 Å². The molecule has 0 aromatic heterocycles. The molecule has 0 aliphatic carbocycles. The predicted molar refractivity (Wildman–Crippen MR) is 142 cm³/mol. The molecule has 0 spiro atoms. The minimum absolute atomic E-state index is 0.0823. The molecule has 1 N–H and O–H groups in total. The predicted octanol–water partition coefficient (Wildman–Crippen LogP) is 3.43. The van der Waals surface area contributed by atoms with Crippen LogP contribution in [-0.4, -0.2) is 77.4 Å². The Hall–Kier alpha value is -2.17.